The molecule has 0 bridgehead atoms. The number of aliphatic hydroxyl groups is 1. The Kier molecular flexibility index (Phi) is 6.83. The van der Waals surface area contributed by atoms with Crippen LogP contribution in [0.4, 0.5) is 4.79 Å². The minimum Gasteiger partial charge on any atom is -0.445 e. The van der Waals surface area contributed by atoms with E-state index in [9.17, 15) is 9.90 Å². The number of amides is 1. The van der Waals surface area contributed by atoms with Crippen molar-refractivity contribution in [2.24, 2.45) is 0 Å². The Labute approximate surface area is 107 Å². The molecule has 0 aromatic heterocycles. The number of nitrogens with one attached hydrogen (secondary N) is 1. The summed E-state index contributed by atoms with van der Waals surface area (Å²) in [6, 6.07) is 9.41. The second-order valence-electron chi connectivity index (χ2n) is 3.88. The van der Waals surface area contributed by atoms with E-state index >= 15 is 0 Å². The van der Waals surface area contributed by atoms with Gasteiger partial charge in [-0.05, 0) is 12.0 Å². The lowest BCUT2D eigenvalue weighted by Gasteiger charge is -2.11. The molecule has 2 N–H and O–H groups in total. The molecule has 5 nitrogen and oxygen atoms in total. The third kappa shape index (κ3) is 6.22. The highest BCUT2D eigenvalue weighted by Gasteiger charge is 2.07. The van der Waals surface area contributed by atoms with Crippen LogP contribution in [0, 0.1) is 0 Å². The van der Waals surface area contributed by atoms with Crippen LogP contribution in [-0.2, 0) is 16.1 Å². The van der Waals surface area contributed by atoms with E-state index in [-0.39, 0.29) is 13.2 Å². The van der Waals surface area contributed by atoms with E-state index in [0.29, 0.717) is 13.0 Å². The van der Waals surface area contributed by atoms with Gasteiger partial charge in [-0.15, -0.1) is 0 Å². The molecule has 0 fully saturated rings. The first-order chi connectivity index (χ1) is 8.72. The van der Waals surface area contributed by atoms with Crippen LogP contribution >= 0.6 is 0 Å². The Hall–Kier alpha value is -1.59. The quantitative estimate of drug-likeness (QED) is 0.769. The summed E-state index contributed by atoms with van der Waals surface area (Å²) in [4.78, 5) is 11.3. The number of hydrogen-bond acceptors (Lipinski definition) is 4. The zero-order chi connectivity index (χ0) is 13.2. The van der Waals surface area contributed by atoms with Gasteiger partial charge in [-0.2, -0.15) is 0 Å². The van der Waals surface area contributed by atoms with Crippen LogP contribution in [-0.4, -0.2) is 37.6 Å². The molecule has 0 saturated heterocycles. The summed E-state index contributed by atoms with van der Waals surface area (Å²) in [5, 5.41) is 12.0. The molecule has 1 aromatic rings. The third-order valence-electron chi connectivity index (χ3n) is 2.35. The van der Waals surface area contributed by atoms with Gasteiger partial charge in [-0.1, -0.05) is 30.3 Å². The molecular formula is C13H19NO4. The van der Waals surface area contributed by atoms with E-state index in [2.05, 4.69) is 5.32 Å². The predicted molar refractivity (Wildman–Crippen MR) is 67.1 cm³/mol. The Morgan fingerprint density at radius 1 is 1.39 bits per heavy atom. The van der Waals surface area contributed by atoms with E-state index in [1.54, 1.807) is 7.11 Å². The smallest absolute Gasteiger partial charge is 0.407 e. The lowest BCUT2D eigenvalue weighted by Crippen LogP contribution is -2.33. The minimum absolute atomic E-state index is 0.164. The average Bonchev–Trinajstić information content (AvgIpc) is 2.41. The molecule has 0 aliphatic rings. The van der Waals surface area contributed by atoms with Crippen molar-refractivity contribution in [2.45, 2.75) is 19.1 Å². The first-order valence-corrected chi connectivity index (χ1v) is 5.84. The van der Waals surface area contributed by atoms with Gasteiger partial charge in [0.25, 0.3) is 0 Å². The highest BCUT2D eigenvalue weighted by Crippen LogP contribution is 2.00. The molecule has 0 spiro atoms. The molecule has 1 amide bonds. The van der Waals surface area contributed by atoms with E-state index in [1.165, 1.54) is 0 Å². The second-order valence-corrected chi connectivity index (χ2v) is 3.88. The zero-order valence-corrected chi connectivity index (χ0v) is 10.5. The van der Waals surface area contributed by atoms with Crippen LogP contribution in [0.25, 0.3) is 0 Å². The van der Waals surface area contributed by atoms with Crippen LogP contribution in [0.15, 0.2) is 30.3 Å². The molecule has 1 rings (SSSR count). The highest BCUT2D eigenvalue weighted by atomic mass is 16.5. The first kappa shape index (κ1) is 14.5. The molecule has 0 aliphatic carbocycles. The number of carbonyl (C=O) groups is 1. The number of ether oxygens (including phenoxy) is 2. The van der Waals surface area contributed by atoms with E-state index in [0.717, 1.165) is 5.56 Å². The van der Waals surface area contributed by atoms with E-state index in [1.807, 2.05) is 30.3 Å². The van der Waals surface area contributed by atoms with Gasteiger partial charge in [0, 0.05) is 20.3 Å². The average molecular weight is 253 g/mol. The maximum atomic E-state index is 11.3. The minimum atomic E-state index is -0.616. The number of rotatable bonds is 7. The molecule has 18 heavy (non-hydrogen) atoms. The molecule has 1 unspecified atom stereocenters. The van der Waals surface area contributed by atoms with Crippen LogP contribution < -0.4 is 5.32 Å². The molecule has 0 heterocycles. The monoisotopic (exact) mass is 253 g/mol. The summed E-state index contributed by atoms with van der Waals surface area (Å²) >= 11 is 0. The van der Waals surface area contributed by atoms with Gasteiger partial charge in [0.15, 0.2) is 0 Å². The first-order valence-electron chi connectivity index (χ1n) is 5.84. The van der Waals surface area contributed by atoms with Gasteiger partial charge in [0.05, 0.1) is 6.10 Å². The van der Waals surface area contributed by atoms with Crippen LogP contribution in [0.5, 0.6) is 0 Å². The zero-order valence-electron chi connectivity index (χ0n) is 10.5. The van der Waals surface area contributed by atoms with Crippen LogP contribution in [0.1, 0.15) is 12.0 Å². The van der Waals surface area contributed by atoms with Crippen molar-refractivity contribution in [1.29, 1.82) is 0 Å². The van der Waals surface area contributed by atoms with Crippen molar-refractivity contribution < 1.29 is 19.4 Å². The number of aliphatic hydroxyl groups excluding tert-OH is 1. The van der Waals surface area contributed by atoms with Crippen molar-refractivity contribution in [1.82, 2.24) is 5.32 Å². The molecule has 100 valence electrons. The number of alkyl carbamates (subject to hydrolysis) is 1. The Morgan fingerprint density at radius 3 is 2.78 bits per heavy atom. The van der Waals surface area contributed by atoms with Gasteiger partial charge in [0.2, 0.25) is 0 Å². The SMILES string of the molecule is COCCC(O)CNC(=O)OCc1ccccc1. The summed E-state index contributed by atoms with van der Waals surface area (Å²) in [6.45, 7) is 0.847. The Morgan fingerprint density at radius 2 is 2.11 bits per heavy atom. The van der Waals surface area contributed by atoms with Crippen LogP contribution in [0.2, 0.25) is 0 Å². The van der Waals surface area contributed by atoms with Crippen molar-refractivity contribution in [3.63, 3.8) is 0 Å². The summed E-state index contributed by atoms with van der Waals surface area (Å²) in [5.41, 5.74) is 0.924. The van der Waals surface area contributed by atoms with Gasteiger partial charge >= 0.3 is 6.09 Å². The second kappa shape index (κ2) is 8.49. The van der Waals surface area contributed by atoms with Gasteiger partial charge in [-0.25, -0.2) is 4.79 Å². The number of hydrogen-bond donors (Lipinski definition) is 2. The normalized spacial score (nSPS) is 11.9. The summed E-state index contributed by atoms with van der Waals surface area (Å²) in [5.74, 6) is 0. The molecular weight excluding hydrogens is 234 g/mol. The molecule has 1 aromatic carbocycles. The largest absolute Gasteiger partial charge is 0.445 e. The lowest BCUT2D eigenvalue weighted by atomic mass is 10.2. The number of methoxy groups -OCH3 is 1. The van der Waals surface area contributed by atoms with Gasteiger partial charge < -0.3 is 19.9 Å². The van der Waals surface area contributed by atoms with Crippen molar-refractivity contribution in [3.05, 3.63) is 35.9 Å². The maximum Gasteiger partial charge on any atom is 0.407 e. The molecule has 5 heteroatoms. The van der Waals surface area contributed by atoms with E-state index < -0.39 is 12.2 Å². The summed E-state index contributed by atoms with van der Waals surface area (Å²) in [7, 11) is 1.56. The fourth-order valence-corrected chi connectivity index (χ4v) is 1.33. The Balaban J connectivity index is 2.14. The van der Waals surface area contributed by atoms with Crippen molar-refractivity contribution in [2.75, 3.05) is 20.3 Å². The molecule has 1 atom stereocenters. The number of carbonyl (C=O) groups excluding carboxylic acids is 1. The van der Waals surface area contributed by atoms with Crippen molar-refractivity contribution >= 4 is 6.09 Å². The highest BCUT2D eigenvalue weighted by molar-refractivity contribution is 5.67. The maximum absolute atomic E-state index is 11.3. The molecule has 0 radical (unpaired) electrons. The predicted octanol–water partition coefficient (Wildman–Crippen LogP) is 1.31. The Bertz CT molecular complexity index is 342. The third-order valence-corrected chi connectivity index (χ3v) is 2.35. The van der Waals surface area contributed by atoms with Gasteiger partial charge in [0.1, 0.15) is 6.61 Å². The molecule has 0 saturated carbocycles. The summed E-state index contributed by atoms with van der Waals surface area (Å²) in [6.07, 6.45) is -0.667. The fraction of sp³-hybridized carbons (Fsp3) is 0.462. The van der Waals surface area contributed by atoms with Gasteiger partial charge in [-0.3, -0.25) is 0 Å². The van der Waals surface area contributed by atoms with E-state index in [4.69, 9.17) is 9.47 Å². The lowest BCUT2D eigenvalue weighted by molar-refractivity contribution is 0.0998. The standard InChI is InChI=1S/C13H19NO4/c1-17-8-7-12(15)9-14-13(16)18-10-11-5-3-2-4-6-11/h2-6,12,15H,7-10H2,1H3,(H,14,16). The van der Waals surface area contributed by atoms with Crippen LogP contribution in [0.3, 0.4) is 0 Å². The summed E-state index contributed by atoms with van der Waals surface area (Å²) < 4.78 is 9.81. The topological polar surface area (TPSA) is 67.8 Å². The number of benzene rings is 1. The molecule has 0 aliphatic heterocycles. The van der Waals surface area contributed by atoms with Crippen molar-refractivity contribution in [3.8, 4) is 0 Å². The fourth-order valence-electron chi connectivity index (χ4n) is 1.33.